The lowest BCUT2D eigenvalue weighted by molar-refractivity contribution is 0.0825. The Balaban J connectivity index is 1.68. The molecule has 0 aromatic heterocycles. The van der Waals surface area contributed by atoms with Gasteiger partial charge in [0.1, 0.15) is 5.60 Å². The van der Waals surface area contributed by atoms with E-state index in [1.807, 2.05) is 0 Å². The van der Waals surface area contributed by atoms with Crippen molar-refractivity contribution in [2.24, 2.45) is 0 Å². The lowest BCUT2D eigenvalue weighted by Gasteiger charge is -2.09. The first kappa shape index (κ1) is 24.0. The number of ether oxygens (including phenoxy) is 2. The molecule has 1 saturated heterocycles. The van der Waals surface area contributed by atoms with Crippen molar-refractivity contribution in [1.82, 2.24) is 0 Å². The molecule has 1 atom stereocenters. The highest BCUT2D eigenvalue weighted by Gasteiger charge is 2.60. The van der Waals surface area contributed by atoms with Crippen LogP contribution in [0.1, 0.15) is 130 Å². The molecule has 1 unspecified atom stereocenters. The highest BCUT2D eigenvalue weighted by Crippen LogP contribution is 2.47. The maximum absolute atomic E-state index is 5.79. The van der Waals surface area contributed by atoms with Gasteiger partial charge in [-0.25, -0.2) is 0 Å². The average Bonchev–Trinajstić information content (AvgIpc) is 3.11. The Hall–Kier alpha value is -0.0800. The molecule has 0 amide bonds. The van der Waals surface area contributed by atoms with E-state index in [9.17, 15) is 0 Å². The Morgan fingerprint density at radius 1 is 0.577 bits per heavy atom. The summed E-state index contributed by atoms with van der Waals surface area (Å²) in [7, 11) is 0. The van der Waals surface area contributed by atoms with Crippen molar-refractivity contribution in [3.8, 4) is 0 Å². The maximum atomic E-state index is 5.79. The largest absolute Gasteiger partial charge is 0.378 e. The van der Waals surface area contributed by atoms with Crippen molar-refractivity contribution in [3.63, 3.8) is 0 Å². The van der Waals surface area contributed by atoms with Crippen LogP contribution in [-0.4, -0.2) is 24.4 Å². The van der Waals surface area contributed by atoms with E-state index in [0.29, 0.717) is 0 Å². The highest BCUT2D eigenvalue weighted by atomic mass is 16.6. The zero-order valence-corrected chi connectivity index (χ0v) is 18.5. The molecule has 2 nitrogen and oxygen atoms in total. The van der Waals surface area contributed by atoms with Crippen LogP contribution in [0.3, 0.4) is 0 Å². The molecule has 1 aliphatic rings. The summed E-state index contributed by atoms with van der Waals surface area (Å²) in [5, 5.41) is 0. The van der Waals surface area contributed by atoms with Gasteiger partial charge in [-0.15, -0.1) is 0 Å². The molecule has 1 aliphatic heterocycles. The lowest BCUT2D eigenvalue weighted by Crippen LogP contribution is -2.23. The average molecular weight is 369 g/mol. The van der Waals surface area contributed by atoms with Crippen molar-refractivity contribution in [3.05, 3.63) is 0 Å². The molecule has 156 valence electrons. The lowest BCUT2D eigenvalue weighted by atomic mass is 9.99. The summed E-state index contributed by atoms with van der Waals surface area (Å²) in [5.74, 6) is 0. The molecule has 0 aliphatic carbocycles. The van der Waals surface area contributed by atoms with Gasteiger partial charge in [0.05, 0.1) is 12.2 Å². The maximum Gasteiger partial charge on any atom is 0.118 e. The molecule has 26 heavy (non-hydrogen) atoms. The fraction of sp³-hybridized carbons (Fsp3) is 1.00. The van der Waals surface area contributed by atoms with E-state index in [-0.39, 0.29) is 11.2 Å². The van der Waals surface area contributed by atoms with Gasteiger partial charge in [0, 0.05) is 6.61 Å². The number of epoxide rings is 1. The molecule has 0 aromatic carbocycles. The molecular weight excluding hydrogens is 320 g/mol. The summed E-state index contributed by atoms with van der Waals surface area (Å²) >= 11 is 0. The first-order valence-corrected chi connectivity index (χ1v) is 11.8. The second-order valence-corrected chi connectivity index (χ2v) is 9.20. The second-order valence-electron chi connectivity index (χ2n) is 9.20. The summed E-state index contributed by atoms with van der Waals surface area (Å²) in [5.41, 5.74) is -0.0241. The predicted octanol–water partition coefficient (Wildman–Crippen LogP) is 7.83. The van der Waals surface area contributed by atoms with Gasteiger partial charge < -0.3 is 9.47 Å². The van der Waals surface area contributed by atoms with Crippen molar-refractivity contribution in [1.29, 1.82) is 0 Å². The molecule has 0 spiro atoms. The third-order valence-electron chi connectivity index (χ3n) is 6.23. The summed E-state index contributed by atoms with van der Waals surface area (Å²) in [6.07, 6.45) is 22.7. The van der Waals surface area contributed by atoms with Crippen molar-refractivity contribution in [2.75, 3.05) is 13.2 Å². The second kappa shape index (κ2) is 14.0. The standard InChI is InChI=1S/C24H48O2/c1-5-6-7-8-9-10-11-12-13-14-15-16-17-18-19-20-21-25-22-24(4)23(2,3)26-24/h5-22H2,1-4H3. The van der Waals surface area contributed by atoms with Crippen molar-refractivity contribution < 1.29 is 9.47 Å². The van der Waals surface area contributed by atoms with Gasteiger partial charge in [-0.3, -0.25) is 0 Å². The fourth-order valence-electron chi connectivity index (χ4n) is 3.76. The van der Waals surface area contributed by atoms with Crippen LogP contribution in [0.5, 0.6) is 0 Å². The van der Waals surface area contributed by atoms with Gasteiger partial charge >= 0.3 is 0 Å². The quantitative estimate of drug-likeness (QED) is 0.171. The topological polar surface area (TPSA) is 21.8 Å². The van der Waals surface area contributed by atoms with Crippen LogP contribution in [0, 0.1) is 0 Å². The Kier molecular flexibility index (Phi) is 12.9. The Labute approximate surface area is 164 Å². The highest BCUT2D eigenvalue weighted by molar-refractivity contribution is 5.07. The molecule has 1 fully saturated rings. The van der Waals surface area contributed by atoms with E-state index in [4.69, 9.17) is 9.47 Å². The van der Waals surface area contributed by atoms with Crippen LogP contribution >= 0.6 is 0 Å². The normalized spacial score (nSPS) is 21.2. The first-order valence-electron chi connectivity index (χ1n) is 11.8. The predicted molar refractivity (Wildman–Crippen MR) is 114 cm³/mol. The van der Waals surface area contributed by atoms with E-state index in [2.05, 4.69) is 27.7 Å². The third-order valence-corrected chi connectivity index (χ3v) is 6.23. The van der Waals surface area contributed by atoms with Crippen LogP contribution in [0.25, 0.3) is 0 Å². The summed E-state index contributed by atoms with van der Waals surface area (Å²) in [6, 6.07) is 0. The van der Waals surface area contributed by atoms with Gasteiger partial charge in [0.25, 0.3) is 0 Å². The molecule has 1 heterocycles. The minimum atomic E-state index is -0.0396. The number of hydrogen-bond acceptors (Lipinski definition) is 2. The van der Waals surface area contributed by atoms with Crippen LogP contribution in [0.4, 0.5) is 0 Å². The minimum absolute atomic E-state index is 0.0155. The smallest absolute Gasteiger partial charge is 0.118 e. The fourth-order valence-corrected chi connectivity index (χ4v) is 3.76. The van der Waals surface area contributed by atoms with Crippen LogP contribution in [0.15, 0.2) is 0 Å². The monoisotopic (exact) mass is 368 g/mol. The third kappa shape index (κ3) is 10.9. The Morgan fingerprint density at radius 2 is 0.923 bits per heavy atom. The van der Waals surface area contributed by atoms with Crippen molar-refractivity contribution >= 4 is 0 Å². The summed E-state index contributed by atoms with van der Waals surface area (Å²) in [6.45, 7) is 10.4. The molecule has 2 heteroatoms. The minimum Gasteiger partial charge on any atom is -0.378 e. The summed E-state index contributed by atoms with van der Waals surface area (Å²) < 4.78 is 11.5. The molecule has 0 bridgehead atoms. The Morgan fingerprint density at radius 3 is 1.27 bits per heavy atom. The zero-order chi connectivity index (χ0) is 19.1. The molecule has 0 radical (unpaired) electrons. The first-order chi connectivity index (χ1) is 12.5. The SMILES string of the molecule is CCCCCCCCCCCCCCCCCCOCC1(C)OC1(C)C. The number of rotatable bonds is 19. The van der Waals surface area contributed by atoms with Crippen LogP contribution in [0.2, 0.25) is 0 Å². The van der Waals surface area contributed by atoms with E-state index in [1.54, 1.807) is 0 Å². The molecule has 0 aromatic rings. The summed E-state index contributed by atoms with van der Waals surface area (Å²) in [4.78, 5) is 0. The van der Waals surface area contributed by atoms with E-state index >= 15 is 0 Å². The van der Waals surface area contributed by atoms with Crippen molar-refractivity contribution in [2.45, 2.75) is 142 Å². The van der Waals surface area contributed by atoms with E-state index in [1.165, 1.54) is 103 Å². The van der Waals surface area contributed by atoms with E-state index in [0.717, 1.165) is 13.2 Å². The molecule has 0 N–H and O–H groups in total. The molecule has 1 rings (SSSR count). The number of unbranched alkanes of at least 4 members (excludes halogenated alkanes) is 15. The molecule has 0 saturated carbocycles. The van der Waals surface area contributed by atoms with Crippen LogP contribution < -0.4 is 0 Å². The Bertz CT molecular complexity index is 326. The van der Waals surface area contributed by atoms with Gasteiger partial charge in [-0.05, 0) is 27.2 Å². The van der Waals surface area contributed by atoms with Gasteiger partial charge in [-0.1, -0.05) is 103 Å². The van der Waals surface area contributed by atoms with Gasteiger partial charge in [-0.2, -0.15) is 0 Å². The number of hydrogen-bond donors (Lipinski definition) is 0. The van der Waals surface area contributed by atoms with Gasteiger partial charge in [0.2, 0.25) is 0 Å². The van der Waals surface area contributed by atoms with E-state index < -0.39 is 0 Å². The molecular formula is C24H48O2. The zero-order valence-electron chi connectivity index (χ0n) is 18.5. The van der Waals surface area contributed by atoms with Crippen LogP contribution in [-0.2, 0) is 9.47 Å². The van der Waals surface area contributed by atoms with Gasteiger partial charge in [0.15, 0.2) is 0 Å².